The van der Waals surface area contributed by atoms with Crippen molar-refractivity contribution in [3.63, 3.8) is 0 Å². The number of furan rings is 1. The number of aromatic nitrogens is 3. The van der Waals surface area contributed by atoms with Gasteiger partial charge in [0.05, 0.1) is 12.0 Å². The molecule has 5 nitrogen and oxygen atoms in total. The van der Waals surface area contributed by atoms with Gasteiger partial charge in [-0.15, -0.1) is 5.10 Å². The minimum atomic E-state index is -0.893. The second-order valence-corrected chi connectivity index (χ2v) is 7.15. The first-order chi connectivity index (χ1) is 12.7. The minimum absolute atomic E-state index is 0.245. The first kappa shape index (κ1) is 15.7. The Hall–Kier alpha value is -2.54. The summed E-state index contributed by atoms with van der Waals surface area (Å²) >= 11 is 0. The molecule has 2 fully saturated rings. The Balaban J connectivity index is 1.59. The maximum atomic E-state index is 13.8. The van der Waals surface area contributed by atoms with Crippen LogP contribution in [-0.2, 0) is 0 Å². The molecule has 0 bridgehead atoms. The average molecular weight is 356 g/mol. The number of nitrogens with one attached hydrogen (secondary N) is 1. The van der Waals surface area contributed by atoms with Crippen molar-refractivity contribution >= 4 is 0 Å². The highest BCUT2D eigenvalue weighted by Crippen LogP contribution is 2.64. The van der Waals surface area contributed by atoms with Gasteiger partial charge < -0.3 is 9.73 Å². The fraction of sp³-hybridized carbons (Fsp3) is 0.368. The van der Waals surface area contributed by atoms with Crippen LogP contribution in [0.15, 0.2) is 41.0 Å². The fourth-order valence-electron chi connectivity index (χ4n) is 4.06. The van der Waals surface area contributed by atoms with E-state index < -0.39 is 11.6 Å². The highest BCUT2D eigenvalue weighted by atomic mass is 19.2. The van der Waals surface area contributed by atoms with Crippen LogP contribution < -0.4 is 5.32 Å². The van der Waals surface area contributed by atoms with E-state index in [-0.39, 0.29) is 11.3 Å². The van der Waals surface area contributed by atoms with Gasteiger partial charge in [0.15, 0.2) is 17.4 Å². The monoisotopic (exact) mass is 356 g/mol. The maximum Gasteiger partial charge on any atom is 0.217 e. The summed E-state index contributed by atoms with van der Waals surface area (Å²) in [6.07, 6.45) is 4.81. The van der Waals surface area contributed by atoms with E-state index in [0.717, 1.165) is 50.3 Å². The number of rotatable bonds is 3. The van der Waals surface area contributed by atoms with E-state index >= 15 is 0 Å². The molecule has 0 amide bonds. The number of halogens is 2. The highest BCUT2D eigenvalue weighted by Gasteiger charge is 2.57. The lowest BCUT2D eigenvalue weighted by Crippen LogP contribution is -2.29. The number of nitrogens with zero attached hydrogens (tertiary/aromatic N) is 3. The first-order valence-corrected chi connectivity index (χ1v) is 8.83. The zero-order valence-electron chi connectivity index (χ0n) is 14.1. The van der Waals surface area contributed by atoms with Gasteiger partial charge >= 0.3 is 0 Å². The Bertz CT molecular complexity index is 945. The summed E-state index contributed by atoms with van der Waals surface area (Å²) < 4.78 is 34.2. The predicted molar refractivity (Wildman–Crippen MR) is 90.9 cm³/mol. The Morgan fingerprint density at radius 3 is 2.73 bits per heavy atom. The van der Waals surface area contributed by atoms with E-state index in [1.165, 1.54) is 6.07 Å². The van der Waals surface area contributed by atoms with Crippen LogP contribution in [0, 0.1) is 17.0 Å². The molecular formula is C19H18F2N4O. The van der Waals surface area contributed by atoms with Gasteiger partial charge in [-0.2, -0.15) is 0 Å². The topological polar surface area (TPSA) is 55.9 Å². The smallest absolute Gasteiger partial charge is 0.217 e. The number of benzene rings is 1. The first-order valence-electron chi connectivity index (χ1n) is 8.83. The van der Waals surface area contributed by atoms with Crippen LogP contribution in [0.1, 0.15) is 31.0 Å². The molecule has 1 atom stereocenters. The van der Waals surface area contributed by atoms with Gasteiger partial charge in [-0.05, 0) is 62.0 Å². The van der Waals surface area contributed by atoms with E-state index in [2.05, 4.69) is 10.4 Å². The minimum Gasteiger partial charge on any atom is -0.461 e. The summed E-state index contributed by atoms with van der Waals surface area (Å²) in [5.74, 6) is 0.329. The molecule has 2 aromatic heterocycles. The van der Waals surface area contributed by atoms with Gasteiger partial charge in [0.2, 0.25) is 5.82 Å². The molecule has 1 saturated carbocycles. The average Bonchev–Trinajstić information content (AvgIpc) is 3.07. The summed E-state index contributed by atoms with van der Waals surface area (Å²) in [4.78, 5) is 4.71. The van der Waals surface area contributed by atoms with Gasteiger partial charge in [-0.25, -0.2) is 18.4 Å². The summed E-state index contributed by atoms with van der Waals surface area (Å²) in [7, 11) is 0. The number of hydrogen-bond acceptors (Lipinski definition) is 4. The molecule has 1 aliphatic heterocycles. The normalized spacial score (nSPS) is 21.2. The second-order valence-electron chi connectivity index (χ2n) is 7.15. The molecule has 5 rings (SSSR count). The molecule has 1 spiro atoms. The van der Waals surface area contributed by atoms with Crippen LogP contribution >= 0.6 is 0 Å². The second kappa shape index (κ2) is 5.74. The number of piperidine rings is 1. The molecule has 1 aliphatic carbocycles. The van der Waals surface area contributed by atoms with Crippen molar-refractivity contribution in [1.82, 2.24) is 20.1 Å². The van der Waals surface area contributed by atoms with Crippen molar-refractivity contribution in [2.24, 2.45) is 5.41 Å². The zero-order chi connectivity index (χ0) is 17.7. The molecule has 0 radical (unpaired) electrons. The van der Waals surface area contributed by atoms with Crippen LogP contribution in [0.4, 0.5) is 8.78 Å². The third-order valence-corrected chi connectivity index (χ3v) is 5.62. The van der Waals surface area contributed by atoms with Crippen LogP contribution in [0.25, 0.3) is 17.3 Å². The molecule has 3 heterocycles. The lowest BCUT2D eigenvalue weighted by atomic mass is 9.92. The number of hydrogen-bond donors (Lipinski definition) is 1. The molecule has 1 N–H and O–H groups in total. The van der Waals surface area contributed by atoms with E-state index in [1.54, 1.807) is 23.1 Å². The Morgan fingerprint density at radius 2 is 2.00 bits per heavy atom. The van der Waals surface area contributed by atoms with Crippen LogP contribution in [0.2, 0.25) is 0 Å². The fourth-order valence-corrected chi connectivity index (χ4v) is 4.06. The van der Waals surface area contributed by atoms with E-state index in [0.29, 0.717) is 17.3 Å². The molecule has 1 aromatic carbocycles. The third-order valence-electron chi connectivity index (χ3n) is 5.62. The molecule has 1 saturated heterocycles. The summed E-state index contributed by atoms with van der Waals surface area (Å²) in [6.45, 7) is 2.00. The molecule has 134 valence electrons. The summed E-state index contributed by atoms with van der Waals surface area (Å²) in [5, 5.41) is 7.93. The van der Waals surface area contributed by atoms with Gasteiger partial charge in [-0.3, -0.25) is 0 Å². The largest absolute Gasteiger partial charge is 0.461 e. The van der Waals surface area contributed by atoms with Crippen molar-refractivity contribution in [3.8, 4) is 17.3 Å². The zero-order valence-corrected chi connectivity index (χ0v) is 14.1. The molecule has 0 unspecified atom stereocenters. The predicted octanol–water partition coefficient (Wildman–Crippen LogP) is 3.66. The lowest BCUT2D eigenvalue weighted by Gasteiger charge is -2.23. The van der Waals surface area contributed by atoms with Gasteiger partial charge in [0.25, 0.3) is 0 Å². The van der Waals surface area contributed by atoms with E-state index in [9.17, 15) is 8.78 Å². The Morgan fingerprint density at radius 1 is 1.15 bits per heavy atom. The summed E-state index contributed by atoms with van der Waals surface area (Å²) in [5.41, 5.74) is 0.717. The van der Waals surface area contributed by atoms with Crippen molar-refractivity contribution in [2.75, 3.05) is 13.1 Å². The van der Waals surface area contributed by atoms with E-state index in [4.69, 9.17) is 9.40 Å². The molecule has 7 heteroatoms. The highest BCUT2D eigenvalue weighted by molar-refractivity contribution is 5.48. The molecular weight excluding hydrogens is 338 g/mol. The third kappa shape index (κ3) is 2.46. The van der Waals surface area contributed by atoms with Gasteiger partial charge in [0.1, 0.15) is 5.82 Å². The quantitative estimate of drug-likeness (QED) is 0.778. The summed E-state index contributed by atoms with van der Waals surface area (Å²) in [6, 6.07) is 7.38. The van der Waals surface area contributed by atoms with Crippen molar-refractivity contribution in [1.29, 1.82) is 0 Å². The molecule has 26 heavy (non-hydrogen) atoms. The lowest BCUT2D eigenvalue weighted by molar-refractivity contribution is 0.339. The Labute approximate surface area is 149 Å². The molecule has 2 aliphatic rings. The Kier molecular flexibility index (Phi) is 3.46. The van der Waals surface area contributed by atoms with Crippen molar-refractivity contribution < 1.29 is 13.2 Å². The van der Waals surface area contributed by atoms with Crippen LogP contribution in [0.5, 0.6) is 0 Å². The van der Waals surface area contributed by atoms with Crippen LogP contribution in [0.3, 0.4) is 0 Å². The van der Waals surface area contributed by atoms with Gasteiger partial charge in [-0.1, -0.05) is 0 Å². The standard InChI is InChI=1S/C19H18F2N4O/c20-14-4-3-12(10-15(14)21)25-18(13-11-19(13)5-7-22-8-6-19)23-17(24-25)16-2-1-9-26-16/h1-4,9-10,13,22H,5-8,11H2/t13-/m0/s1. The van der Waals surface area contributed by atoms with Crippen molar-refractivity contribution in [2.45, 2.75) is 25.2 Å². The van der Waals surface area contributed by atoms with Crippen molar-refractivity contribution in [3.05, 3.63) is 54.1 Å². The maximum absolute atomic E-state index is 13.8. The molecule has 3 aromatic rings. The SMILES string of the molecule is Fc1ccc(-n2nc(-c3ccco3)nc2[C@@H]2CC23CCNCC3)cc1F. The van der Waals surface area contributed by atoms with Gasteiger partial charge in [0, 0.05) is 12.0 Å². The van der Waals surface area contributed by atoms with Crippen LogP contribution in [-0.4, -0.2) is 27.9 Å². The van der Waals surface area contributed by atoms with E-state index in [1.807, 2.05) is 0 Å².